The molecule has 0 atom stereocenters. The maximum Gasteiger partial charge on any atom is 0.135 e. The summed E-state index contributed by atoms with van der Waals surface area (Å²) in [6.45, 7) is 2.62. The Labute approximate surface area is 134 Å². The number of benzene rings is 1. The molecule has 22 heavy (non-hydrogen) atoms. The van der Waals surface area contributed by atoms with E-state index in [4.69, 9.17) is 16.0 Å². The van der Waals surface area contributed by atoms with Crippen LogP contribution in [0.2, 0.25) is 5.02 Å². The van der Waals surface area contributed by atoms with Gasteiger partial charge >= 0.3 is 0 Å². The average Bonchev–Trinajstić information content (AvgIpc) is 3.19. The van der Waals surface area contributed by atoms with Gasteiger partial charge in [0.25, 0.3) is 0 Å². The molecule has 2 aromatic heterocycles. The Bertz CT molecular complexity index is 706. The zero-order chi connectivity index (χ0) is 15.2. The second-order valence-corrected chi connectivity index (χ2v) is 5.48. The van der Waals surface area contributed by atoms with Gasteiger partial charge in [-0.3, -0.25) is 0 Å². The molecule has 2 heterocycles. The van der Waals surface area contributed by atoms with Gasteiger partial charge in [0.05, 0.1) is 17.9 Å². The summed E-state index contributed by atoms with van der Waals surface area (Å²) in [4.78, 5) is 4.02. The van der Waals surface area contributed by atoms with E-state index in [-0.39, 0.29) is 0 Å². The molecule has 0 aliphatic rings. The molecule has 0 spiro atoms. The number of halogens is 1. The van der Waals surface area contributed by atoms with Gasteiger partial charge < -0.3 is 14.3 Å². The van der Waals surface area contributed by atoms with Crippen LogP contribution in [-0.2, 0) is 13.1 Å². The van der Waals surface area contributed by atoms with E-state index in [2.05, 4.69) is 14.9 Å². The third-order valence-corrected chi connectivity index (χ3v) is 3.76. The fourth-order valence-electron chi connectivity index (χ4n) is 2.30. The Hall–Kier alpha value is -2.04. The van der Waals surface area contributed by atoms with E-state index in [1.807, 2.05) is 48.9 Å². The normalized spacial score (nSPS) is 11.0. The molecular weight excluding hydrogens is 298 g/mol. The van der Waals surface area contributed by atoms with E-state index in [1.165, 1.54) is 0 Å². The number of hydrogen-bond acceptors (Lipinski definition) is 3. The summed E-state index contributed by atoms with van der Waals surface area (Å²) >= 11 is 6.18. The lowest BCUT2D eigenvalue weighted by atomic mass is 10.2. The predicted octanol–water partition coefficient (Wildman–Crippen LogP) is 3.98. The molecule has 0 aliphatic carbocycles. The molecule has 0 saturated heterocycles. The van der Waals surface area contributed by atoms with Crippen molar-refractivity contribution < 1.29 is 4.42 Å². The lowest BCUT2D eigenvalue weighted by molar-refractivity contribution is 0.484. The van der Waals surface area contributed by atoms with Crippen LogP contribution in [0.4, 0.5) is 0 Å². The lowest BCUT2D eigenvalue weighted by Crippen LogP contribution is -2.15. The van der Waals surface area contributed by atoms with E-state index >= 15 is 0 Å². The Morgan fingerprint density at radius 3 is 2.91 bits per heavy atom. The first kappa shape index (κ1) is 14.9. The molecule has 0 radical (unpaired) electrons. The van der Waals surface area contributed by atoms with E-state index in [0.717, 1.165) is 36.6 Å². The number of imidazole rings is 1. The van der Waals surface area contributed by atoms with Gasteiger partial charge in [-0.2, -0.15) is 0 Å². The highest BCUT2D eigenvalue weighted by atomic mass is 35.5. The van der Waals surface area contributed by atoms with E-state index in [1.54, 1.807) is 6.20 Å². The van der Waals surface area contributed by atoms with Crippen molar-refractivity contribution in [3.8, 4) is 11.3 Å². The first-order chi connectivity index (χ1) is 10.8. The molecule has 5 heteroatoms. The number of rotatable bonds is 7. The largest absolute Gasteiger partial charge is 0.460 e. The molecule has 0 fully saturated rings. The fraction of sp³-hybridized carbons (Fsp3) is 0.235. The van der Waals surface area contributed by atoms with Crippen molar-refractivity contribution in [2.45, 2.75) is 19.5 Å². The minimum atomic E-state index is 0.705. The number of nitrogens with zero attached hydrogens (tertiary/aromatic N) is 2. The summed E-state index contributed by atoms with van der Waals surface area (Å²) in [5, 5.41) is 4.09. The van der Waals surface area contributed by atoms with Crippen LogP contribution < -0.4 is 5.32 Å². The van der Waals surface area contributed by atoms with E-state index in [9.17, 15) is 0 Å². The number of aryl methyl sites for hydroxylation is 1. The van der Waals surface area contributed by atoms with Crippen LogP contribution >= 0.6 is 11.6 Å². The lowest BCUT2D eigenvalue weighted by Gasteiger charge is -2.04. The van der Waals surface area contributed by atoms with Gasteiger partial charge in [-0.1, -0.05) is 23.7 Å². The van der Waals surface area contributed by atoms with E-state index < -0.39 is 0 Å². The van der Waals surface area contributed by atoms with Crippen LogP contribution in [0.1, 0.15) is 12.2 Å². The Balaban J connectivity index is 1.47. The van der Waals surface area contributed by atoms with Gasteiger partial charge in [-0.25, -0.2) is 4.98 Å². The molecule has 0 aliphatic heterocycles. The highest BCUT2D eigenvalue weighted by molar-refractivity contribution is 6.33. The van der Waals surface area contributed by atoms with Crippen molar-refractivity contribution >= 4 is 11.6 Å². The van der Waals surface area contributed by atoms with Gasteiger partial charge in [-0.15, -0.1) is 0 Å². The zero-order valence-corrected chi connectivity index (χ0v) is 13.0. The van der Waals surface area contributed by atoms with Crippen molar-refractivity contribution in [2.75, 3.05) is 6.54 Å². The predicted molar refractivity (Wildman–Crippen MR) is 87.7 cm³/mol. The number of furan rings is 1. The minimum Gasteiger partial charge on any atom is -0.460 e. The molecule has 3 rings (SSSR count). The molecule has 4 nitrogen and oxygen atoms in total. The van der Waals surface area contributed by atoms with Crippen LogP contribution in [0.25, 0.3) is 11.3 Å². The van der Waals surface area contributed by atoms with Crippen LogP contribution in [0, 0.1) is 0 Å². The maximum absolute atomic E-state index is 6.18. The summed E-state index contributed by atoms with van der Waals surface area (Å²) in [6, 6.07) is 11.7. The second kappa shape index (κ2) is 7.29. The summed E-state index contributed by atoms with van der Waals surface area (Å²) in [5.41, 5.74) is 0.926. The smallest absolute Gasteiger partial charge is 0.135 e. The summed E-state index contributed by atoms with van der Waals surface area (Å²) in [7, 11) is 0. The Morgan fingerprint density at radius 2 is 2.09 bits per heavy atom. The highest BCUT2D eigenvalue weighted by Crippen LogP contribution is 2.28. The van der Waals surface area contributed by atoms with Crippen LogP contribution in [-0.4, -0.2) is 16.1 Å². The highest BCUT2D eigenvalue weighted by Gasteiger charge is 2.07. The topological polar surface area (TPSA) is 43.0 Å². The minimum absolute atomic E-state index is 0.705. The molecule has 0 unspecified atom stereocenters. The number of aromatic nitrogens is 2. The van der Waals surface area contributed by atoms with Gasteiger partial charge in [-0.05, 0) is 37.2 Å². The second-order valence-electron chi connectivity index (χ2n) is 5.08. The van der Waals surface area contributed by atoms with Gasteiger partial charge in [0.1, 0.15) is 11.5 Å². The first-order valence-electron chi connectivity index (χ1n) is 7.33. The van der Waals surface area contributed by atoms with Crippen LogP contribution in [0.5, 0.6) is 0 Å². The van der Waals surface area contributed by atoms with Crippen LogP contribution in [0.3, 0.4) is 0 Å². The Kier molecular flexibility index (Phi) is 4.93. The molecule has 0 saturated carbocycles. The van der Waals surface area contributed by atoms with Crippen molar-refractivity contribution in [3.05, 3.63) is 65.9 Å². The molecule has 3 aromatic rings. The molecule has 114 valence electrons. The van der Waals surface area contributed by atoms with E-state index in [0.29, 0.717) is 11.6 Å². The quantitative estimate of drug-likeness (QED) is 0.671. The molecule has 0 bridgehead atoms. The van der Waals surface area contributed by atoms with Gasteiger partial charge in [0.2, 0.25) is 0 Å². The summed E-state index contributed by atoms with van der Waals surface area (Å²) in [5.74, 6) is 1.72. The average molecular weight is 316 g/mol. The molecule has 0 amide bonds. The van der Waals surface area contributed by atoms with Crippen molar-refractivity contribution in [1.29, 1.82) is 0 Å². The molecule has 1 N–H and O–H groups in total. The summed E-state index contributed by atoms with van der Waals surface area (Å²) in [6.07, 6.45) is 6.66. The number of nitrogens with one attached hydrogen (secondary N) is 1. The van der Waals surface area contributed by atoms with Gasteiger partial charge in [0, 0.05) is 24.5 Å². The summed E-state index contributed by atoms with van der Waals surface area (Å²) < 4.78 is 7.91. The van der Waals surface area contributed by atoms with Crippen molar-refractivity contribution in [3.63, 3.8) is 0 Å². The third kappa shape index (κ3) is 3.78. The van der Waals surface area contributed by atoms with Crippen molar-refractivity contribution in [1.82, 2.24) is 14.9 Å². The first-order valence-corrected chi connectivity index (χ1v) is 7.71. The monoisotopic (exact) mass is 315 g/mol. The SMILES string of the molecule is Clc1ccccc1-c1ccc(CNCCCn2ccnc2)o1. The maximum atomic E-state index is 6.18. The molecular formula is C17H18ClN3O. The molecule has 1 aromatic carbocycles. The zero-order valence-electron chi connectivity index (χ0n) is 12.2. The third-order valence-electron chi connectivity index (χ3n) is 3.43. The standard InChI is InChI=1S/C17H18ClN3O/c18-16-5-2-1-4-15(16)17-7-6-14(22-17)12-19-8-3-10-21-11-9-20-13-21/h1-2,4-7,9,11,13,19H,3,8,10,12H2. The van der Waals surface area contributed by atoms with Crippen molar-refractivity contribution in [2.24, 2.45) is 0 Å². The fourth-order valence-corrected chi connectivity index (χ4v) is 2.52. The number of hydrogen-bond donors (Lipinski definition) is 1. The van der Waals surface area contributed by atoms with Crippen LogP contribution in [0.15, 0.2) is 59.5 Å². The Morgan fingerprint density at radius 1 is 1.18 bits per heavy atom. The van der Waals surface area contributed by atoms with Gasteiger partial charge in [0.15, 0.2) is 0 Å².